The molecule has 6 nitrogen and oxygen atoms in total. The van der Waals surface area contributed by atoms with Crippen LogP contribution in [-0.2, 0) is 16.1 Å². The highest BCUT2D eigenvalue weighted by Crippen LogP contribution is 2.27. The number of nitrogens with zero attached hydrogens (tertiary/aromatic N) is 2. The first-order valence-electron chi connectivity index (χ1n) is 9.62. The van der Waals surface area contributed by atoms with Crippen molar-refractivity contribution in [2.45, 2.75) is 32.4 Å². The van der Waals surface area contributed by atoms with E-state index < -0.39 is 0 Å². The van der Waals surface area contributed by atoms with Crippen LogP contribution in [0.25, 0.3) is 11.0 Å². The highest BCUT2D eigenvalue weighted by atomic mass is 16.3. The number of likely N-dealkylation sites (tertiary alicyclic amines) is 1. The SMILES string of the molecule is CC(c1cc2ccccc2o1)N(C)C(=O)c1ccc(CN2C(=O)CCC2=O)cc1. The molecular weight excluding hydrogens is 368 g/mol. The van der Waals surface area contributed by atoms with Crippen LogP contribution in [0.4, 0.5) is 0 Å². The summed E-state index contributed by atoms with van der Waals surface area (Å²) in [5.74, 6) is 0.312. The molecular formula is C23H22N2O4. The van der Waals surface area contributed by atoms with Gasteiger partial charge in [-0.15, -0.1) is 0 Å². The molecule has 0 bridgehead atoms. The Bertz CT molecular complexity index is 1030. The average molecular weight is 390 g/mol. The molecule has 1 fully saturated rings. The normalized spacial score (nSPS) is 15.2. The Balaban J connectivity index is 1.46. The van der Waals surface area contributed by atoms with Crippen LogP contribution in [0, 0.1) is 0 Å². The Morgan fingerprint density at radius 1 is 1.07 bits per heavy atom. The number of rotatable bonds is 5. The van der Waals surface area contributed by atoms with Gasteiger partial charge in [0.05, 0.1) is 12.6 Å². The number of para-hydroxylation sites is 1. The summed E-state index contributed by atoms with van der Waals surface area (Å²) in [6.07, 6.45) is 0.555. The van der Waals surface area contributed by atoms with E-state index in [1.165, 1.54) is 4.90 Å². The Labute approximate surface area is 168 Å². The number of hydrogen-bond acceptors (Lipinski definition) is 4. The number of carbonyl (C=O) groups excluding carboxylic acids is 3. The molecule has 29 heavy (non-hydrogen) atoms. The van der Waals surface area contributed by atoms with Gasteiger partial charge >= 0.3 is 0 Å². The molecule has 1 saturated heterocycles. The second-order valence-corrected chi connectivity index (χ2v) is 7.35. The van der Waals surface area contributed by atoms with Crippen molar-refractivity contribution in [1.82, 2.24) is 9.80 Å². The lowest BCUT2D eigenvalue weighted by Crippen LogP contribution is -2.30. The van der Waals surface area contributed by atoms with Crippen molar-refractivity contribution in [2.24, 2.45) is 0 Å². The number of carbonyl (C=O) groups is 3. The fourth-order valence-corrected chi connectivity index (χ4v) is 3.51. The first-order valence-corrected chi connectivity index (χ1v) is 9.62. The minimum absolute atomic E-state index is 0.127. The number of furan rings is 1. The standard InChI is InChI=1S/C23H22N2O4/c1-15(20-13-18-5-3-4-6-19(18)29-20)24(2)23(28)17-9-7-16(8-10-17)14-25-21(26)11-12-22(25)27/h3-10,13,15H,11-12,14H2,1-2H3. The van der Waals surface area contributed by atoms with Gasteiger partial charge in [0.1, 0.15) is 11.3 Å². The second kappa shape index (κ2) is 7.54. The van der Waals surface area contributed by atoms with Crippen LogP contribution in [0.3, 0.4) is 0 Å². The molecule has 2 heterocycles. The van der Waals surface area contributed by atoms with Crippen LogP contribution >= 0.6 is 0 Å². The average Bonchev–Trinajstić information content (AvgIpc) is 3.31. The summed E-state index contributed by atoms with van der Waals surface area (Å²) < 4.78 is 5.89. The van der Waals surface area contributed by atoms with E-state index in [0.717, 1.165) is 22.3 Å². The zero-order valence-corrected chi connectivity index (χ0v) is 16.4. The summed E-state index contributed by atoms with van der Waals surface area (Å²) in [5, 5.41) is 1.01. The van der Waals surface area contributed by atoms with Gasteiger partial charge in [-0.2, -0.15) is 0 Å². The van der Waals surface area contributed by atoms with Gasteiger partial charge < -0.3 is 9.32 Å². The highest BCUT2D eigenvalue weighted by Gasteiger charge is 2.28. The maximum Gasteiger partial charge on any atom is 0.254 e. The fourth-order valence-electron chi connectivity index (χ4n) is 3.51. The van der Waals surface area contributed by atoms with Gasteiger partial charge in [-0.1, -0.05) is 30.3 Å². The van der Waals surface area contributed by atoms with E-state index in [-0.39, 0.29) is 43.1 Å². The number of benzene rings is 2. The van der Waals surface area contributed by atoms with Crippen molar-refractivity contribution in [3.05, 3.63) is 71.5 Å². The van der Waals surface area contributed by atoms with E-state index in [2.05, 4.69) is 0 Å². The predicted octanol–water partition coefficient (Wildman–Crippen LogP) is 3.92. The second-order valence-electron chi connectivity index (χ2n) is 7.35. The molecule has 0 radical (unpaired) electrons. The van der Waals surface area contributed by atoms with E-state index in [0.29, 0.717) is 5.56 Å². The van der Waals surface area contributed by atoms with Gasteiger partial charge in [0.25, 0.3) is 5.91 Å². The van der Waals surface area contributed by atoms with E-state index in [1.807, 2.05) is 37.3 Å². The molecule has 0 spiro atoms. The maximum absolute atomic E-state index is 12.9. The topological polar surface area (TPSA) is 70.8 Å². The van der Waals surface area contributed by atoms with Crippen LogP contribution in [0.1, 0.15) is 47.5 Å². The van der Waals surface area contributed by atoms with Crippen molar-refractivity contribution < 1.29 is 18.8 Å². The lowest BCUT2D eigenvalue weighted by Gasteiger charge is -2.23. The Hall–Kier alpha value is -3.41. The minimum atomic E-state index is -0.227. The van der Waals surface area contributed by atoms with Gasteiger partial charge in [0.15, 0.2) is 0 Å². The molecule has 3 aromatic rings. The molecule has 3 amide bonds. The van der Waals surface area contributed by atoms with Gasteiger partial charge in [-0.05, 0) is 36.8 Å². The smallest absolute Gasteiger partial charge is 0.254 e. The summed E-state index contributed by atoms with van der Waals surface area (Å²) in [6, 6.07) is 16.5. The maximum atomic E-state index is 12.9. The molecule has 2 aromatic carbocycles. The number of amides is 3. The van der Waals surface area contributed by atoms with E-state index >= 15 is 0 Å². The number of imide groups is 1. The molecule has 1 aromatic heterocycles. The van der Waals surface area contributed by atoms with E-state index in [1.54, 1.807) is 36.2 Å². The van der Waals surface area contributed by atoms with Crippen LogP contribution in [0.5, 0.6) is 0 Å². The minimum Gasteiger partial charge on any atom is -0.459 e. The van der Waals surface area contributed by atoms with Crippen molar-refractivity contribution >= 4 is 28.7 Å². The quantitative estimate of drug-likeness (QED) is 0.619. The summed E-state index contributed by atoms with van der Waals surface area (Å²) in [6.45, 7) is 2.17. The van der Waals surface area contributed by atoms with Crippen molar-refractivity contribution in [2.75, 3.05) is 7.05 Å². The molecule has 1 aliphatic heterocycles. The molecule has 4 rings (SSSR count). The van der Waals surface area contributed by atoms with Gasteiger partial charge in [0.2, 0.25) is 11.8 Å². The Morgan fingerprint density at radius 3 is 2.38 bits per heavy atom. The van der Waals surface area contributed by atoms with Gasteiger partial charge in [-0.3, -0.25) is 19.3 Å². The summed E-state index contributed by atoms with van der Waals surface area (Å²) in [7, 11) is 1.75. The Kier molecular flexibility index (Phi) is 4.92. The van der Waals surface area contributed by atoms with Gasteiger partial charge in [0, 0.05) is 30.8 Å². The molecule has 0 aliphatic carbocycles. The largest absolute Gasteiger partial charge is 0.459 e. The zero-order chi connectivity index (χ0) is 20.5. The zero-order valence-electron chi connectivity index (χ0n) is 16.4. The first kappa shape index (κ1) is 18.9. The lowest BCUT2D eigenvalue weighted by atomic mass is 10.1. The first-order chi connectivity index (χ1) is 13.9. The van der Waals surface area contributed by atoms with E-state index in [4.69, 9.17) is 4.42 Å². The lowest BCUT2D eigenvalue weighted by molar-refractivity contribution is -0.139. The summed E-state index contributed by atoms with van der Waals surface area (Å²) >= 11 is 0. The fraction of sp³-hybridized carbons (Fsp3) is 0.261. The van der Waals surface area contributed by atoms with E-state index in [9.17, 15) is 14.4 Å². The third-order valence-corrected chi connectivity index (χ3v) is 5.45. The van der Waals surface area contributed by atoms with Crippen molar-refractivity contribution in [3.63, 3.8) is 0 Å². The summed E-state index contributed by atoms with van der Waals surface area (Å²) in [4.78, 5) is 39.3. The molecule has 6 heteroatoms. The van der Waals surface area contributed by atoms with Crippen molar-refractivity contribution in [1.29, 1.82) is 0 Å². The number of hydrogen-bond donors (Lipinski definition) is 0. The van der Waals surface area contributed by atoms with Crippen LogP contribution in [-0.4, -0.2) is 34.6 Å². The molecule has 148 valence electrons. The predicted molar refractivity (Wildman–Crippen MR) is 108 cm³/mol. The summed E-state index contributed by atoms with van der Waals surface area (Å²) in [5.41, 5.74) is 2.15. The van der Waals surface area contributed by atoms with Crippen LogP contribution in [0.2, 0.25) is 0 Å². The van der Waals surface area contributed by atoms with Crippen LogP contribution in [0.15, 0.2) is 59.0 Å². The molecule has 1 atom stereocenters. The van der Waals surface area contributed by atoms with Gasteiger partial charge in [-0.25, -0.2) is 0 Å². The molecule has 0 N–H and O–H groups in total. The molecule has 1 unspecified atom stereocenters. The third kappa shape index (κ3) is 3.66. The van der Waals surface area contributed by atoms with Crippen molar-refractivity contribution in [3.8, 4) is 0 Å². The molecule has 0 saturated carbocycles. The third-order valence-electron chi connectivity index (χ3n) is 5.45. The molecule has 1 aliphatic rings. The van der Waals surface area contributed by atoms with Crippen LogP contribution < -0.4 is 0 Å². The Morgan fingerprint density at radius 2 is 1.72 bits per heavy atom. The monoisotopic (exact) mass is 390 g/mol. The highest BCUT2D eigenvalue weighted by molar-refractivity contribution is 6.01. The number of fused-ring (bicyclic) bond motifs is 1.